The molecular formula is C18H26FN. The molecule has 1 aliphatic carbocycles. The zero-order chi connectivity index (χ0) is 14.4. The molecule has 1 saturated carbocycles. The first-order valence-electron chi connectivity index (χ1n) is 7.87. The molecule has 0 spiro atoms. The fourth-order valence-electron chi connectivity index (χ4n) is 4.25. The van der Waals surface area contributed by atoms with Crippen LogP contribution in [0.3, 0.4) is 0 Å². The van der Waals surface area contributed by atoms with Crippen LogP contribution in [0.15, 0.2) is 24.3 Å². The first-order valence-corrected chi connectivity index (χ1v) is 7.87. The molecule has 1 nitrogen and oxygen atoms in total. The van der Waals surface area contributed by atoms with E-state index >= 15 is 0 Å². The Hall–Kier alpha value is -0.890. The summed E-state index contributed by atoms with van der Waals surface area (Å²) in [7, 11) is 0. The Balaban J connectivity index is 1.62. The van der Waals surface area contributed by atoms with E-state index in [1.165, 1.54) is 31.5 Å². The Morgan fingerprint density at radius 2 is 1.90 bits per heavy atom. The number of nitrogens with zero attached hydrogens (tertiary/aromatic N) is 1. The minimum Gasteiger partial charge on any atom is -0.302 e. The number of fused-ring (bicyclic) bond motifs is 2. The van der Waals surface area contributed by atoms with E-state index < -0.39 is 0 Å². The van der Waals surface area contributed by atoms with Crippen LogP contribution in [0.5, 0.6) is 0 Å². The van der Waals surface area contributed by atoms with E-state index in [4.69, 9.17) is 0 Å². The van der Waals surface area contributed by atoms with Crippen LogP contribution in [0.1, 0.15) is 39.2 Å². The van der Waals surface area contributed by atoms with Crippen molar-refractivity contribution in [3.63, 3.8) is 0 Å². The Labute approximate surface area is 122 Å². The molecule has 0 amide bonds. The van der Waals surface area contributed by atoms with E-state index in [0.29, 0.717) is 10.8 Å². The molecule has 0 radical (unpaired) electrons. The first-order chi connectivity index (χ1) is 9.41. The molecule has 1 aliphatic heterocycles. The van der Waals surface area contributed by atoms with Crippen LogP contribution in [-0.4, -0.2) is 24.5 Å². The molecule has 1 aromatic carbocycles. The van der Waals surface area contributed by atoms with Crippen molar-refractivity contribution in [1.82, 2.24) is 4.90 Å². The van der Waals surface area contributed by atoms with Crippen LogP contribution in [0.4, 0.5) is 4.39 Å². The Morgan fingerprint density at radius 3 is 2.55 bits per heavy atom. The third-order valence-corrected chi connectivity index (χ3v) is 6.30. The van der Waals surface area contributed by atoms with Gasteiger partial charge in [0.1, 0.15) is 5.82 Å². The molecule has 2 bridgehead atoms. The maximum absolute atomic E-state index is 12.9. The highest BCUT2D eigenvalue weighted by Gasteiger charge is 2.55. The van der Waals surface area contributed by atoms with Crippen molar-refractivity contribution in [2.45, 2.75) is 40.0 Å². The van der Waals surface area contributed by atoms with Gasteiger partial charge in [-0.3, -0.25) is 0 Å². The second kappa shape index (κ2) is 4.84. The highest BCUT2D eigenvalue weighted by molar-refractivity contribution is 5.16. The van der Waals surface area contributed by atoms with Crippen LogP contribution < -0.4 is 0 Å². The predicted octanol–water partition coefficient (Wildman–Crippen LogP) is 4.13. The first kappa shape index (κ1) is 14.1. The van der Waals surface area contributed by atoms with Gasteiger partial charge in [-0.25, -0.2) is 4.39 Å². The van der Waals surface area contributed by atoms with E-state index in [1.54, 1.807) is 12.1 Å². The average molecular weight is 275 g/mol. The van der Waals surface area contributed by atoms with Gasteiger partial charge in [0, 0.05) is 19.6 Å². The average Bonchev–Trinajstić information content (AvgIpc) is 2.55. The monoisotopic (exact) mass is 275 g/mol. The van der Waals surface area contributed by atoms with Gasteiger partial charge in [0.05, 0.1) is 0 Å². The van der Waals surface area contributed by atoms with Crippen LogP contribution in [0.2, 0.25) is 0 Å². The van der Waals surface area contributed by atoms with Crippen molar-refractivity contribution in [2.24, 2.45) is 16.7 Å². The van der Waals surface area contributed by atoms with Crippen LogP contribution in [0.25, 0.3) is 0 Å². The van der Waals surface area contributed by atoms with Gasteiger partial charge in [0.2, 0.25) is 0 Å². The summed E-state index contributed by atoms with van der Waals surface area (Å²) in [6.07, 6.45) is 3.79. The van der Waals surface area contributed by atoms with Gasteiger partial charge in [0.25, 0.3) is 0 Å². The molecule has 1 saturated heterocycles. The molecular weight excluding hydrogens is 249 g/mol. The molecule has 3 rings (SSSR count). The van der Waals surface area contributed by atoms with Crippen LogP contribution in [0, 0.1) is 22.6 Å². The third-order valence-electron chi connectivity index (χ3n) is 6.30. The molecule has 0 N–H and O–H groups in total. The quantitative estimate of drug-likeness (QED) is 0.802. The second-order valence-electron chi connectivity index (χ2n) is 7.63. The maximum Gasteiger partial charge on any atom is 0.123 e. The normalized spacial score (nSPS) is 32.5. The van der Waals surface area contributed by atoms with Gasteiger partial charge in [-0.2, -0.15) is 0 Å². The Morgan fingerprint density at radius 1 is 1.20 bits per heavy atom. The third kappa shape index (κ3) is 2.28. The topological polar surface area (TPSA) is 3.24 Å². The van der Waals surface area contributed by atoms with E-state index in [1.807, 2.05) is 12.1 Å². The molecule has 2 fully saturated rings. The summed E-state index contributed by atoms with van der Waals surface area (Å²) < 4.78 is 12.9. The Kier molecular flexibility index (Phi) is 3.40. The highest BCUT2D eigenvalue weighted by atomic mass is 19.1. The van der Waals surface area contributed by atoms with Gasteiger partial charge in [0.15, 0.2) is 0 Å². The van der Waals surface area contributed by atoms with Gasteiger partial charge in [-0.1, -0.05) is 32.9 Å². The SMILES string of the molecule is CC1(C)C2CC[C@]1(C)CN(CCc1ccc(F)cc1)C2. The van der Waals surface area contributed by atoms with E-state index in [0.717, 1.165) is 18.9 Å². The number of benzene rings is 1. The number of rotatable bonds is 3. The lowest BCUT2D eigenvalue weighted by Gasteiger charge is -2.50. The van der Waals surface area contributed by atoms with E-state index in [9.17, 15) is 4.39 Å². The minimum absolute atomic E-state index is 0.140. The van der Waals surface area contributed by atoms with E-state index in [-0.39, 0.29) is 5.82 Å². The molecule has 110 valence electrons. The molecule has 1 aromatic rings. The van der Waals surface area contributed by atoms with Crippen LogP contribution in [-0.2, 0) is 6.42 Å². The van der Waals surface area contributed by atoms with Gasteiger partial charge in [-0.05, 0) is 53.7 Å². The van der Waals surface area contributed by atoms with Gasteiger partial charge < -0.3 is 4.90 Å². The Bertz CT molecular complexity index is 479. The number of hydrogen-bond acceptors (Lipinski definition) is 1. The van der Waals surface area contributed by atoms with Crippen molar-refractivity contribution >= 4 is 0 Å². The van der Waals surface area contributed by atoms with Crippen molar-refractivity contribution in [3.8, 4) is 0 Å². The zero-order valence-corrected chi connectivity index (χ0v) is 13.0. The lowest BCUT2D eigenvalue weighted by atomic mass is 9.63. The summed E-state index contributed by atoms with van der Waals surface area (Å²) >= 11 is 0. The standard InChI is InChI=1S/C18H26FN/c1-17(2)15-8-10-18(17,3)13-20(12-15)11-9-14-4-6-16(19)7-5-14/h4-7,15H,8-13H2,1-3H3/t15?,18-/m1/s1. The smallest absolute Gasteiger partial charge is 0.123 e. The van der Waals surface area contributed by atoms with Crippen molar-refractivity contribution < 1.29 is 4.39 Å². The van der Waals surface area contributed by atoms with Crippen molar-refractivity contribution in [1.29, 1.82) is 0 Å². The number of hydrogen-bond donors (Lipinski definition) is 0. The summed E-state index contributed by atoms with van der Waals surface area (Å²) in [6, 6.07) is 6.97. The summed E-state index contributed by atoms with van der Waals surface area (Å²) in [4.78, 5) is 2.63. The molecule has 20 heavy (non-hydrogen) atoms. The summed E-state index contributed by atoms with van der Waals surface area (Å²) in [5.41, 5.74) is 2.20. The lowest BCUT2D eigenvalue weighted by Crippen LogP contribution is -2.52. The molecule has 1 unspecified atom stereocenters. The second-order valence-corrected chi connectivity index (χ2v) is 7.63. The molecule has 2 atom stereocenters. The van der Waals surface area contributed by atoms with E-state index in [2.05, 4.69) is 25.7 Å². The number of piperidine rings is 1. The minimum atomic E-state index is -0.140. The summed E-state index contributed by atoms with van der Waals surface area (Å²) in [6.45, 7) is 11.0. The summed E-state index contributed by atoms with van der Waals surface area (Å²) in [5.74, 6) is 0.702. The fraction of sp³-hybridized carbons (Fsp3) is 0.667. The zero-order valence-electron chi connectivity index (χ0n) is 13.0. The fourth-order valence-corrected chi connectivity index (χ4v) is 4.25. The van der Waals surface area contributed by atoms with Gasteiger partial charge >= 0.3 is 0 Å². The molecule has 0 aromatic heterocycles. The van der Waals surface area contributed by atoms with Gasteiger partial charge in [-0.15, -0.1) is 0 Å². The van der Waals surface area contributed by atoms with Crippen molar-refractivity contribution in [3.05, 3.63) is 35.6 Å². The highest BCUT2D eigenvalue weighted by Crippen LogP contribution is 2.58. The largest absolute Gasteiger partial charge is 0.302 e. The number of halogens is 1. The summed E-state index contributed by atoms with van der Waals surface area (Å²) in [5, 5.41) is 0. The molecule has 2 aliphatic rings. The number of likely N-dealkylation sites (tertiary alicyclic amines) is 1. The lowest BCUT2D eigenvalue weighted by molar-refractivity contribution is -0.0169. The predicted molar refractivity (Wildman–Crippen MR) is 81.2 cm³/mol. The molecule has 1 heterocycles. The molecule has 2 heteroatoms. The van der Waals surface area contributed by atoms with Crippen LogP contribution >= 0.6 is 0 Å². The van der Waals surface area contributed by atoms with Crippen molar-refractivity contribution in [2.75, 3.05) is 19.6 Å². The maximum atomic E-state index is 12.9.